The van der Waals surface area contributed by atoms with Crippen LogP contribution in [-0.4, -0.2) is 23.9 Å². The second-order valence-corrected chi connectivity index (χ2v) is 7.95. The highest BCUT2D eigenvalue weighted by Gasteiger charge is 2.26. The summed E-state index contributed by atoms with van der Waals surface area (Å²) in [6.07, 6.45) is 1.64. The molecule has 0 radical (unpaired) electrons. The average molecular weight is 412 g/mol. The first-order valence-electron chi connectivity index (χ1n) is 8.66. The first-order chi connectivity index (χ1) is 12.4. The number of halogens is 3. The molecule has 2 aromatic rings. The van der Waals surface area contributed by atoms with Gasteiger partial charge in [-0.1, -0.05) is 40.9 Å². The van der Waals surface area contributed by atoms with Gasteiger partial charge >= 0.3 is 0 Å². The smallest absolute Gasteiger partial charge is 0.227 e. The van der Waals surface area contributed by atoms with Crippen molar-refractivity contribution in [1.82, 2.24) is 4.90 Å². The molecule has 1 fully saturated rings. The van der Waals surface area contributed by atoms with E-state index in [1.807, 2.05) is 37.3 Å². The van der Waals surface area contributed by atoms with Crippen LogP contribution in [0.5, 0.6) is 0 Å². The fourth-order valence-corrected chi connectivity index (χ4v) is 4.01. The van der Waals surface area contributed by atoms with E-state index in [-0.39, 0.29) is 11.8 Å². The number of amides is 1. The van der Waals surface area contributed by atoms with Crippen LogP contribution < -0.4 is 5.32 Å². The zero-order valence-electron chi connectivity index (χ0n) is 14.6. The van der Waals surface area contributed by atoms with Crippen LogP contribution in [0.25, 0.3) is 0 Å². The van der Waals surface area contributed by atoms with E-state index in [2.05, 4.69) is 10.2 Å². The van der Waals surface area contributed by atoms with Gasteiger partial charge in [-0.05, 0) is 68.8 Å². The Morgan fingerprint density at radius 3 is 2.38 bits per heavy atom. The number of nitrogens with zero attached hydrogens (tertiary/aromatic N) is 1. The maximum absolute atomic E-state index is 12.6. The van der Waals surface area contributed by atoms with Crippen LogP contribution in [0.1, 0.15) is 24.0 Å². The zero-order chi connectivity index (χ0) is 18.7. The molecule has 1 N–H and O–H groups in total. The van der Waals surface area contributed by atoms with Crippen molar-refractivity contribution in [2.24, 2.45) is 5.92 Å². The molecule has 0 spiro atoms. The predicted octanol–water partition coefficient (Wildman–Crippen LogP) is 5.81. The molecule has 2 aromatic carbocycles. The highest BCUT2D eigenvalue weighted by molar-refractivity contribution is 6.36. The Bertz CT molecular complexity index is 781. The fraction of sp³-hybridized carbons (Fsp3) is 0.350. The number of rotatable bonds is 4. The van der Waals surface area contributed by atoms with Gasteiger partial charge in [-0.2, -0.15) is 0 Å². The normalized spacial score (nSPS) is 15.8. The number of carbonyl (C=O) groups is 1. The molecule has 1 aliphatic heterocycles. The third-order valence-corrected chi connectivity index (χ3v) is 5.79. The molecule has 1 saturated heterocycles. The maximum Gasteiger partial charge on any atom is 0.227 e. The van der Waals surface area contributed by atoms with Gasteiger partial charge in [-0.3, -0.25) is 9.69 Å². The van der Waals surface area contributed by atoms with Crippen LogP contribution in [0.15, 0.2) is 36.4 Å². The van der Waals surface area contributed by atoms with Gasteiger partial charge in [0.25, 0.3) is 0 Å². The Balaban J connectivity index is 1.55. The Hall–Kier alpha value is -1.26. The van der Waals surface area contributed by atoms with Gasteiger partial charge in [0.2, 0.25) is 5.91 Å². The number of likely N-dealkylation sites (tertiary alicyclic amines) is 1. The third kappa shape index (κ3) is 4.72. The summed E-state index contributed by atoms with van der Waals surface area (Å²) < 4.78 is 0. The quantitative estimate of drug-likeness (QED) is 0.689. The Morgan fingerprint density at radius 2 is 1.77 bits per heavy atom. The summed E-state index contributed by atoms with van der Waals surface area (Å²) in [4.78, 5) is 14.9. The predicted molar refractivity (Wildman–Crippen MR) is 109 cm³/mol. The molecule has 0 aromatic heterocycles. The standard InChI is InChI=1S/C20H21Cl3N2O/c1-13-11-15(21)5-6-19(13)24-20(26)14-7-9-25(10-8-14)12-16-17(22)3-2-4-18(16)23/h2-6,11,14H,7-10,12H2,1H3,(H,24,26). The number of benzene rings is 2. The van der Waals surface area contributed by atoms with Crippen molar-refractivity contribution in [3.8, 4) is 0 Å². The largest absolute Gasteiger partial charge is 0.326 e. The molecule has 3 rings (SSSR count). The first-order valence-corrected chi connectivity index (χ1v) is 9.79. The Labute approximate surface area is 169 Å². The summed E-state index contributed by atoms with van der Waals surface area (Å²) in [6, 6.07) is 11.1. The second-order valence-electron chi connectivity index (χ2n) is 6.70. The molecule has 0 atom stereocenters. The van der Waals surface area contributed by atoms with Crippen molar-refractivity contribution in [3.05, 3.63) is 62.6 Å². The van der Waals surface area contributed by atoms with Gasteiger partial charge in [-0.15, -0.1) is 0 Å². The number of carbonyl (C=O) groups excluding carboxylic acids is 1. The SMILES string of the molecule is Cc1cc(Cl)ccc1NC(=O)C1CCN(Cc2c(Cl)cccc2Cl)CC1. The van der Waals surface area contributed by atoms with Crippen LogP contribution in [-0.2, 0) is 11.3 Å². The molecule has 1 amide bonds. The Morgan fingerprint density at radius 1 is 1.12 bits per heavy atom. The molecule has 0 bridgehead atoms. The van der Waals surface area contributed by atoms with Crippen LogP contribution in [0, 0.1) is 12.8 Å². The van der Waals surface area contributed by atoms with E-state index in [1.54, 1.807) is 6.07 Å². The van der Waals surface area contributed by atoms with E-state index in [0.29, 0.717) is 21.6 Å². The lowest BCUT2D eigenvalue weighted by Gasteiger charge is -2.31. The molecule has 3 nitrogen and oxygen atoms in total. The summed E-state index contributed by atoms with van der Waals surface area (Å²) in [5.41, 5.74) is 2.75. The number of hydrogen-bond acceptors (Lipinski definition) is 2. The summed E-state index contributed by atoms with van der Waals surface area (Å²) in [5, 5.41) is 5.09. The molecule has 1 heterocycles. The third-order valence-electron chi connectivity index (χ3n) is 4.85. The van der Waals surface area contributed by atoms with Gasteiger partial charge in [0.05, 0.1) is 0 Å². The number of hydrogen-bond donors (Lipinski definition) is 1. The van der Waals surface area contributed by atoms with Gasteiger partial charge < -0.3 is 5.32 Å². The van der Waals surface area contributed by atoms with Crippen molar-refractivity contribution in [3.63, 3.8) is 0 Å². The number of piperidine rings is 1. The highest BCUT2D eigenvalue weighted by Crippen LogP contribution is 2.28. The molecule has 6 heteroatoms. The topological polar surface area (TPSA) is 32.3 Å². The molecule has 26 heavy (non-hydrogen) atoms. The van der Waals surface area contributed by atoms with Crippen molar-refractivity contribution < 1.29 is 4.79 Å². The van der Waals surface area contributed by atoms with E-state index in [0.717, 1.165) is 42.7 Å². The highest BCUT2D eigenvalue weighted by atomic mass is 35.5. The summed E-state index contributed by atoms with van der Waals surface area (Å²) >= 11 is 18.5. The zero-order valence-corrected chi connectivity index (χ0v) is 16.8. The van der Waals surface area contributed by atoms with Gasteiger partial charge in [0.1, 0.15) is 0 Å². The molecule has 0 aliphatic carbocycles. The summed E-state index contributed by atoms with van der Waals surface area (Å²) in [6.45, 7) is 4.35. The van der Waals surface area contributed by atoms with Gasteiger partial charge in [0.15, 0.2) is 0 Å². The van der Waals surface area contributed by atoms with E-state index in [9.17, 15) is 4.79 Å². The van der Waals surface area contributed by atoms with Gasteiger partial charge in [0, 0.05) is 38.8 Å². The van der Waals surface area contributed by atoms with Gasteiger partial charge in [-0.25, -0.2) is 0 Å². The molecular weight excluding hydrogens is 391 g/mol. The van der Waals surface area contributed by atoms with Crippen LogP contribution in [0.2, 0.25) is 15.1 Å². The van der Waals surface area contributed by atoms with Crippen molar-refractivity contribution in [1.29, 1.82) is 0 Å². The average Bonchev–Trinajstić information content (AvgIpc) is 2.61. The summed E-state index contributed by atoms with van der Waals surface area (Å²) in [7, 11) is 0. The minimum atomic E-state index is 0.0167. The Kier molecular flexibility index (Phi) is 6.46. The van der Waals surface area contributed by atoms with E-state index in [4.69, 9.17) is 34.8 Å². The van der Waals surface area contributed by atoms with Crippen LogP contribution in [0.4, 0.5) is 5.69 Å². The number of nitrogens with one attached hydrogen (secondary N) is 1. The molecule has 138 valence electrons. The van der Waals surface area contributed by atoms with E-state index in [1.165, 1.54) is 0 Å². The molecular formula is C20H21Cl3N2O. The minimum absolute atomic E-state index is 0.0167. The lowest BCUT2D eigenvalue weighted by atomic mass is 9.95. The maximum atomic E-state index is 12.6. The molecule has 1 aliphatic rings. The van der Waals surface area contributed by atoms with Crippen molar-refractivity contribution in [2.75, 3.05) is 18.4 Å². The number of anilines is 1. The second kappa shape index (κ2) is 8.62. The molecule has 0 saturated carbocycles. The van der Waals surface area contributed by atoms with Crippen molar-refractivity contribution >= 4 is 46.4 Å². The minimum Gasteiger partial charge on any atom is -0.326 e. The van der Waals surface area contributed by atoms with E-state index >= 15 is 0 Å². The summed E-state index contributed by atoms with van der Waals surface area (Å²) in [5.74, 6) is 0.0916. The van der Waals surface area contributed by atoms with Crippen molar-refractivity contribution in [2.45, 2.75) is 26.3 Å². The van der Waals surface area contributed by atoms with E-state index < -0.39 is 0 Å². The van der Waals surface area contributed by atoms with Crippen LogP contribution in [0.3, 0.4) is 0 Å². The molecule has 0 unspecified atom stereocenters. The van der Waals surface area contributed by atoms with Crippen LogP contribution >= 0.6 is 34.8 Å². The fourth-order valence-electron chi connectivity index (χ4n) is 3.26. The lowest BCUT2D eigenvalue weighted by molar-refractivity contribution is -0.121. The number of aryl methyl sites for hydroxylation is 1. The lowest BCUT2D eigenvalue weighted by Crippen LogP contribution is -2.38. The monoisotopic (exact) mass is 410 g/mol. The first kappa shape index (κ1) is 19.5.